The molecule has 2 aliphatic heterocycles. The molecule has 0 spiro atoms. The molecule has 2 heterocycles. The number of carbonyl (C=O) groups is 1. The third kappa shape index (κ3) is 3.95. The van der Waals surface area contributed by atoms with Crippen molar-refractivity contribution in [2.45, 2.75) is 71.3 Å². The number of likely N-dealkylation sites (tertiary alicyclic amines) is 1. The first-order valence-electron chi connectivity index (χ1n) is 7.95. The second kappa shape index (κ2) is 5.84. The van der Waals surface area contributed by atoms with Crippen LogP contribution in [-0.2, 0) is 9.53 Å². The first kappa shape index (κ1) is 16.7. The van der Waals surface area contributed by atoms with E-state index in [0.717, 1.165) is 19.5 Å². The number of fused-ring (bicyclic) bond motifs is 1. The van der Waals surface area contributed by atoms with Crippen molar-refractivity contribution in [2.24, 2.45) is 5.41 Å². The number of hydrogen-bond acceptors (Lipinski definition) is 4. The van der Waals surface area contributed by atoms with Crippen LogP contribution in [0.2, 0.25) is 0 Å². The minimum atomic E-state index is -0.790. The van der Waals surface area contributed by atoms with Crippen LogP contribution >= 0.6 is 0 Å². The average Bonchev–Trinajstić information content (AvgIpc) is 2.88. The van der Waals surface area contributed by atoms with Crippen molar-refractivity contribution >= 4 is 5.97 Å². The molecule has 0 aliphatic carbocycles. The number of rotatable bonds is 4. The predicted molar refractivity (Wildman–Crippen MR) is 80.9 cm³/mol. The topological polar surface area (TPSA) is 41.6 Å². The van der Waals surface area contributed by atoms with Gasteiger partial charge in [-0.15, -0.1) is 0 Å². The van der Waals surface area contributed by atoms with Crippen molar-refractivity contribution in [1.82, 2.24) is 10.2 Å². The molecule has 2 fully saturated rings. The highest BCUT2D eigenvalue weighted by atomic mass is 19.1. The fourth-order valence-corrected chi connectivity index (χ4v) is 3.17. The van der Waals surface area contributed by atoms with Crippen LogP contribution in [0.15, 0.2) is 0 Å². The third-order valence-electron chi connectivity index (χ3n) is 4.48. The highest BCUT2D eigenvalue weighted by Gasteiger charge is 2.45. The van der Waals surface area contributed by atoms with Gasteiger partial charge in [-0.3, -0.25) is 9.69 Å². The fraction of sp³-hybridized carbons (Fsp3) is 0.938. The van der Waals surface area contributed by atoms with E-state index in [9.17, 15) is 9.18 Å². The maximum absolute atomic E-state index is 13.9. The van der Waals surface area contributed by atoms with E-state index >= 15 is 0 Å². The lowest BCUT2D eigenvalue weighted by atomic mass is 9.88. The Labute approximate surface area is 127 Å². The molecule has 3 atom stereocenters. The molecular formula is C16H29FN2O2. The molecule has 3 unspecified atom stereocenters. The Morgan fingerprint density at radius 2 is 2.00 bits per heavy atom. The summed E-state index contributed by atoms with van der Waals surface area (Å²) in [5.74, 6) is -0.174. The summed E-state index contributed by atoms with van der Waals surface area (Å²) in [6.07, 6.45) is 0.901. The van der Waals surface area contributed by atoms with Gasteiger partial charge in [0.05, 0.1) is 11.5 Å². The molecule has 0 aromatic heterocycles. The predicted octanol–water partition coefficient (Wildman–Crippen LogP) is 2.13. The molecule has 122 valence electrons. The van der Waals surface area contributed by atoms with Gasteiger partial charge in [-0.1, -0.05) is 0 Å². The van der Waals surface area contributed by atoms with Gasteiger partial charge >= 0.3 is 5.97 Å². The minimum Gasteiger partial charge on any atom is -0.460 e. The first-order chi connectivity index (χ1) is 9.60. The molecule has 0 bridgehead atoms. The largest absolute Gasteiger partial charge is 0.460 e. The molecule has 0 aromatic carbocycles. The Morgan fingerprint density at radius 1 is 1.33 bits per heavy atom. The van der Waals surface area contributed by atoms with Gasteiger partial charge in [0.1, 0.15) is 11.8 Å². The quantitative estimate of drug-likeness (QED) is 0.808. The van der Waals surface area contributed by atoms with Crippen molar-refractivity contribution in [3.63, 3.8) is 0 Å². The molecule has 21 heavy (non-hydrogen) atoms. The second-order valence-corrected chi connectivity index (χ2v) is 7.98. The standard InChI is InChI=1S/C16H29FN2O2/c1-15(2,3)21-14(20)16(4,5)7-9-19-8-6-12-13(19)11(17)10-18-12/h11-13,18H,6-10H2,1-5H3. The molecule has 4 nitrogen and oxygen atoms in total. The van der Waals surface area contributed by atoms with Gasteiger partial charge in [0.25, 0.3) is 0 Å². The van der Waals surface area contributed by atoms with Crippen molar-refractivity contribution in [2.75, 3.05) is 19.6 Å². The van der Waals surface area contributed by atoms with E-state index in [1.54, 1.807) is 0 Å². The zero-order valence-corrected chi connectivity index (χ0v) is 13.9. The van der Waals surface area contributed by atoms with Gasteiger partial charge in [-0.2, -0.15) is 0 Å². The molecule has 0 amide bonds. The van der Waals surface area contributed by atoms with Crippen molar-refractivity contribution in [1.29, 1.82) is 0 Å². The van der Waals surface area contributed by atoms with Crippen LogP contribution in [0.1, 0.15) is 47.5 Å². The molecule has 0 radical (unpaired) electrons. The lowest BCUT2D eigenvalue weighted by molar-refractivity contribution is -0.166. The number of alkyl halides is 1. The van der Waals surface area contributed by atoms with E-state index < -0.39 is 17.2 Å². The van der Waals surface area contributed by atoms with Crippen LogP contribution in [0.5, 0.6) is 0 Å². The monoisotopic (exact) mass is 300 g/mol. The van der Waals surface area contributed by atoms with Crippen molar-refractivity contribution in [3.8, 4) is 0 Å². The third-order valence-corrected chi connectivity index (χ3v) is 4.48. The lowest BCUT2D eigenvalue weighted by Crippen LogP contribution is -2.42. The van der Waals surface area contributed by atoms with Gasteiger partial charge in [-0.25, -0.2) is 4.39 Å². The first-order valence-corrected chi connectivity index (χ1v) is 7.95. The number of nitrogens with zero attached hydrogens (tertiary/aromatic N) is 1. The van der Waals surface area contributed by atoms with Crippen LogP contribution in [0.25, 0.3) is 0 Å². The summed E-state index contributed by atoms with van der Waals surface area (Å²) < 4.78 is 19.4. The van der Waals surface area contributed by atoms with Crippen LogP contribution in [-0.4, -0.2) is 54.4 Å². The molecule has 5 heteroatoms. The second-order valence-electron chi connectivity index (χ2n) is 7.98. The number of halogens is 1. The van der Waals surface area contributed by atoms with Gasteiger partial charge in [-0.05, 0) is 54.0 Å². The highest BCUT2D eigenvalue weighted by molar-refractivity contribution is 5.76. The zero-order valence-electron chi connectivity index (χ0n) is 13.9. The van der Waals surface area contributed by atoms with Gasteiger partial charge < -0.3 is 10.1 Å². The summed E-state index contributed by atoms with van der Waals surface area (Å²) in [5, 5.41) is 3.24. The number of carbonyl (C=O) groups excluding carboxylic acids is 1. The summed E-state index contributed by atoms with van der Waals surface area (Å²) in [7, 11) is 0. The van der Waals surface area contributed by atoms with E-state index in [1.807, 2.05) is 34.6 Å². The summed E-state index contributed by atoms with van der Waals surface area (Å²) >= 11 is 0. The Kier molecular flexibility index (Phi) is 4.64. The van der Waals surface area contributed by atoms with E-state index in [4.69, 9.17) is 4.74 Å². The normalized spacial score (nSPS) is 30.5. The Morgan fingerprint density at radius 3 is 2.62 bits per heavy atom. The van der Waals surface area contributed by atoms with E-state index in [1.165, 1.54) is 0 Å². The Bertz CT molecular complexity index is 392. The van der Waals surface area contributed by atoms with Crippen LogP contribution in [0.3, 0.4) is 0 Å². The molecule has 2 aliphatic rings. The number of nitrogens with one attached hydrogen (secondary N) is 1. The van der Waals surface area contributed by atoms with Crippen molar-refractivity contribution in [3.05, 3.63) is 0 Å². The number of ether oxygens (including phenoxy) is 1. The van der Waals surface area contributed by atoms with Crippen LogP contribution in [0.4, 0.5) is 4.39 Å². The van der Waals surface area contributed by atoms with E-state index in [0.29, 0.717) is 13.0 Å². The highest BCUT2D eigenvalue weighted by Crippen LogP contribution is 2.31. The summed E-state index contributed by atoms with van der Waals surface area (Å²) in [6.45, 7) is 11.6. The van der Waals surface area contributed by atoms with Crippen LogP contribution in [0, 0.1) is 5.41 Å². The fourth-order valence-electron chi connectivity index (χ4n) is 3.17. The van der Waals surface area contributed by atoms with Gasteiger partial charge in [0, 0.05) is 19.1 Å². The maximum atomic E-state index is 13.9. The van der Waals surface area contributed by atoms with Gasteiger partial charge in [0.15, 0.2) is 0 Å². The summed E-state index contributed by atoms with van der Waals surface area (Å²) in [6, 6.07) is 0.268. The lowest BCUT2D eigenvalue weighted by Gasteiger charge is -2.31. The molecule has 0 saturated carbocycles. The Balaban J connectivity index is 1.88. The minimum absolute atomic E-state index is 0.0144. The average molecular weight is 300 g/mol. The maximum Gasteiger partial charge on any atom is 0.312 e. The summed E-state index contributed by atoms with van der Waals surface area (Å²) in [5.41, 5.74) is -1.00. The van der Waals surface area contributed by atoms with E-state index in [-0.39, 0.29) is 18.1 Å². The van der Waals surface area contributed by atoms with Crippen molar-refractivity contribution < 1.29 is 13.9 Å². The molecule has 2 rings (SSSR count). The van der Waals surface area contributed by atoms with Crippen LogP contribution < -0.4 is 5.32 Å². The molecule has 2 saturated heterocycles. The molecule has 1 N–H and O–H groups in total. The Hall–Kier alpha value is -0.680. The van der Waals surface area contributed by atoms with E-state index in [2.05, 4.69) is 10.2 Å². The molecule has 0 aromatic rings. The summed E-state index contributed by atoms with van der Waals surface area (Å²) in [4.78, 5) is 14.4. The SMILES string of the molecule is CC(C)(C)OC(=O)C(C)(C)CCN1CCC2NCC(F)C21. The number of esters is 1. The zero-order chi connectivity index (χ0) is 15.8. The number of hydrogen-bond donors (Lipinski definition) is 1. The van der Waals surface area contributed by atoms with Gasteiger partial charge in [0.2, 0.25) is 0 Å². The molecular weight excluding hydrogens is 271 g/mol. The smallest absolute Gasteiger partial charge is 0.312 e.